The zero-order valence-electron chi connectivity index (χ0n) is 8.66. The van der Waals surface area contributed by atoms with Crippen molar-refractivity contribution in [1.29, 1.82) is 0 Å². The van der Waals surface area contributed by atoms with E-state index in [-0.39, 0.29) is 11.7 Å². The Labute approximate surface area is 97.1 Å². The molecule has 0 atom stereocenters. The number of hydrogen-bond donors (Lipinski definition) is 1. The quantitative estimate of drug-likeness (QED) is 0.851. The second-order valence-corrected chi connectivity index (χ2v) is 4.79. The standard InChI is InChI=1S/C12H12BrNO/c1-7(2)12-9-4-3-8(13)5-10(9)14-6-11(12)15/h3-7,15H,1-2H3. The topological polar surface area (TPSA) is 33.1 Å². The molecule has 0 saturated heterocycles. The first-order valence-electron chi connectivity index (χ1n) is 4.86. The van der Waals surface area contributed by atoms with Crippen LogP contribution in [0.15, 0.2) is 28.9 Å². The fourth-order valence-electron chi connectivity index (χ4n) is 1.78. The number of pyridine rings is 1. The van der Waals surface area contributed by atoms with Crippen molar-refractivity contribution in [1.82, 2.24) is 4.98 Å². The maximum absolute atomic E-state index is 9.77. The lowest BCUT2D eigenvalue weighted by molar-refractivity contribution is 0.464. The lowest BCUT2D eigenvalue weighted by Gasteiger charge is -2.11. The van der Waals surface area contributed by atoms with Crippen molar-refractivity contribution in [2.24, 2.45) is 0 Å². The number of halogens is 1. The molecule has 0 bridgehead atoms. The van der Waals surface area contributed by atoms with Gasteiger partial charge in [-0.2, -0.15) is 0 Å². The molecule has 0 saturated carbocycles. The highest BCUT2D eigenvalue weighted by atomic mass is 79.9. The third kappa shape index (κ3) is 1.84. The van der Waals surface area contributed by atoms with Gasteiger partial charge in [0.15, 0.2) is 0 Å². The summed E-state index contributed by atoms with van der Waals surface area (Å²) in [6, 6.07) is 5.91. The minimum atomic E-state index is 0.278. The van der Waals surface area contributed by atoms with E-state index in [0.717, 1.165) is 20.9 Å². The Morgan fingerprint density at radius 2 is 2.07 bits per heavy atom. The number of rotatable bonds is 1. The van der Waals surface area contributed by atoms with Gasteiger partial charge < -0.3 is 5.11 Å². The Hall–Kier alpha value is -1.09. The predicted molar refractivity (Wildman–Crippen MR) is 65.2 cm³/mol. The molecule has 0 aliphatic heterocycles. The molecule has 0 amide bonds. The number of fused-ring (bicyclic) bond motifs is 1. The molecule has 1 N–H and O–H groups in total. The third-order valence-corrected chi connectivity index (χ3v) is 2.92. The Morgan fingerprint density at radius 3 is 2.73 bits per heavy atom. The van der Waals surface area contributed by atoms with E-state index in [1.807, 2.05) is 18.2 Å². The van der Waals surface area contributed by atoms with Crippen LogP contribution in [-0.4, -0.2) is 10.1 Å². The number of hydrogen-bond acceptors (Lipinski definition) is 2. The molecule has 0 unspecified atom stereocenters. The highest BCUT2D eigenvalue weighted by molar-refractivity contribution is 9.10. The van der Waals surface area contributed by atoms with Crippen LogP contribution in [0.2, 0.25) is 0 Å². The van der Waals surface area contributed by atoms with E-state index in [2.05, 4.69) is 34.8 Å². The number of aromatic nitrogens is 1. The lowest BCUT2D eigenvalue weighted by atomic mass is 9.98. The van der Waals surface area contributed by atoms with Gasteiger partial charge >= 0.3 is 0 Å². The van der Waals surface area contributed by atoms with Crippen LogP contribution in [-0.2, 0) is 0 Å². The van der Waals surface area contributed by atoms with Crippen molar-refractivity contribution in [3.8, 4) is 5.75 Å². The highest BCUT2D eigenvalue weighted by Gasteiger charge is 2.11. The van der Waals surface area contributed by atoms with E-state index in [9.17, 15) is 5.11 Å². The van der Waals surface area contributed by atoms with Crippen LogP contribution in [0.5, 0.6) is 5.75 Å². The van der Waals surface area contributed by atoms with Crippen LogP contribution in [0.25, 0.3) is 10.9 Å². The van der Waals surface area contributed by atoms with Crippen molar-refractivity contribution in [3.63, 3.8) is 0 Å². The van der Waals surface area contributed by atoms with E-state index in [1.165, 1.54) is 6.20 Å². The molecular weight excluding hydrogens is 254 g/mol. The zero-order valence-corrected chi connectivity index (χ0v) is 10.2. The van der Waals surface area contributed by atoms with Gasteiger partial charge in [-0.25, -0.2) is 0 Å². The summed E-state index contributed by atoms with van der Waals surface area (Å²) in [6.07, 6.45) is 1.52. The second-order valence-electron chi connectivity index (χ2n) is 3.87. The molecule has 0 fully saturated rings. The summed E-state index contributed by atoms with van der Waals surface area (Å²) in [5.41, 5.74) is 1.87. The molecule has 15 heavy (non-hydrogen) atoms. The van der Waals surface area contributed by atoms with Crippen LogP contribution < -0.4 is 0 Å². The van der Waals surface area contributed by atoms with Crippen LogP contribution in [0.4, 0.5) is 0 Å². The SMILES string of the molecule is CC(C)c1c(O)cnc2cc(Br)ccc12. The molecule has 0 aliphatic rings. The van der Waals surface area contributed by atoms with E-state index in [0.29, 0.717) is 0 Å². The summed E-state index contributed by atoms with van der Waals surface area (Å²) >= 11 is 3.41. The fourth-order valence-corrected chi connectivity index (χ4v) is 2.13. The summed E-state index contributed by atoms with van der Waals surface area (Å²) in [5.74, 6) is 0.566. The Kier molecular flexibility index (Phi) is 2.65. The Bertz CT molecular complexity index is 508. The summed E-state index contributed by atoms with van der Waals surface area (Å²) < 4.78 is 1.00. The van der Waals surface area contributed by atoms with Crippen molar-refractivity contribution < 1.29 is 5.11 Å². The van der Waals surface area contributed by atoms with E-state index < -0.39 is 0 Å². The first kappa shape index (κ1) is 10.4. The van der Waals surface area contributed by atoms with Crippen LogP contribution >= 0.6 is 15.9 Å². The van der Waals surface area contributed by atoms with Gasteiger partial charge in [0.25, 0.3) is 0 Å². The summed E-state index contributed by atoms with van der Waals surface area (Å²) in [4.78, 5) is 4.20. The van der Waals surface area contributed by atoms with Crippen LogP contribution in [0, 0.1) is 0 Å². The average molecular weight is 266 g/mol. The van der Waals surface area contributed by atoms with Gasteiger partial charge in [-0.15, -0.1) is 0 Å². The minimum Gasteiger partial charge on any atom is -0.506 e. The monoisotopic (exact) mass is 265 g/mol. The van der Waals surface area contributed by atoms with E-state index in [4.69, 9.17) is 0 Å². The summed E-state index contributed by atoms with van der Waals surface area (Å²) in [6.45, 7) is 4.13. The average Bonchev–Trinajstić information content (AvgIpc) is 2.17. The molecule has 1 heterocycles. The van der Waals surface area contributed by atoms with Gasteiger partial charge in [0.2, 0.25) is 0 Å². The first-order valence-corrected chi connectivity index (χ1v) is 5.66. The van der Waals surface area contributed by atoms with Gasteiger partial charge in [0, 0.05) is 15.4 Å². The molecular formula is C12H12BrNO. The first-order chi connectivity index (χ1) is 7.09. The Balaban J connectivity index is 2.82. The normalized spacial score (nSPS) is 11.2. The van der Waals surface area contributed by atoms with Gasteiger partial charge in [-0.05, 0) is 18.1 Å². The van der Waals surface area contributed by atoms with Gasteiger partial charge in [0.1, 0.15) is 5.75 Å². The minimum absolute atomic E-state index is 0.278. The third-order valence-electron chi connectivity index (χ3n) is 2.43. The summed E-state index contributed by atoms with van der Waals surface area (Å²) in [5, 5.41) is 10.8. The molecule has 0 spiro atoms. The molecule has 2 rings (SSSR count). The van der Waals surface area contributed by atoms with Gasteiger partial charge in [-0.1, -0.05) is 35.8 Å². The van der Waals surface area contributed by atoms with E-state index >= 15 is 0 Å². The van der Waals surface area contributed by atoms with Crippen LogP contribution in [0.3, 0.4) is 0 Å². The van der Waals surface area contributed by atoms with Crippen molar-refractivity contribution in [3.05, 3.63) is 34.4 Å². The maximum Gasteiger partial charge on any atom is 0.137 e. The van der Waals surface area contributed by atoms with Crippen molar-refractivity contribution in [2.45, 2.75) is 19.8 Å². The Morgan fingerprint density at radius 1 is 1.33 bits per heavy atom. The van der Waals surface area contributed by atoms with Crippen molar-refractivity contribution in [2.75, 3.05) is 0 Å². The summed E-state index contributed by atoms with van der Waals surface area (Å²) in [7, 11) is 0. The fraction of sp³-hybridized carbons (Fsp3) is 0.250. The molecule has 2 nitrogen and oxygen atoms in total. The maximum atomic E-state index is 9.77. The van der Waals surface area contributed by atoms with E-state index in [1.54, 1.807) is 0 Å². The molecule has 0 aliphatic carbocycles. The molecule has 0 radical (unpaired) electrons. The second kappa shape index (κ2) is 3.81. The molecule has 78 valence electrons. The molecule has 1 aromatic heterocycles. The zero-order chi connectivity index (χ0) is 11.0. The van der Waals surface area contributed by atoms with Gasteiger partial charge in [-0.3, -0.25) is 4.98 Å². The van der Waals surface area contributed by atoms with Crippen LogP contribution in [0.1, 0.15) is 25.3 Å². The largest absolute Gasteiger partial charge is 0.506 e. The molecule has 3 heteroatoms. The highest BCUT2D eigenvalue weighted by Crippen LogP contribution is 2.32. The van der Waals surface area contributed by atoms with Gasteiger partial charge in [0.05, 0.1) is 11.7 Å². The smallest absolute Gasteiger partial charge is 0.137 e. The number of nitrogens with zero attached hydrogens (tertiary/aromatic N) is 1. The lowest BCUT2D eigenvalue weighted by Crippen LogP contribution is -1.92. The number of aromatic hydroxyl groups is 1. The molecule has 2 aromatic rings. The predicted octanol–water partition coefficient (Wildman–Crippen LogP) is 3.83. The molecule has 1 aromatic carbocycles. The van der Waals surface area contributed by atoms with Crippen molar-refractivity contribution >= 4 is 26.8 Å². The number of benzene rings is 1.